The molecule has 0 saturated carbocycles. The number of guanidine groups is 1. The number of hydrogen-bond donors (Lipinski definition) is 3. The molecule has 0 aromatic heterocycles. The van der Waals surface area contributed by atoms with E-state index in [0.717, 1.165) is 12.8 Å². The number of sulfonamides is 1. The molecule has 8 nitrogen and oxygen atoms in total. The van der Waals surface area contributed by atoms with Crippen LogP contribution in [0.5, 0.6) is 5.75 Å². The summed E-state index contributed by atoms with van der Waals surface area (Å²) in [5.74, 6) is 0.478. The van der Waals surface area contributed by atoms with E-state index in [1.807, 2.05) is 6.92 Å². The lowest BCUT2D eigenvalue weighted by Crippen LogP contribution is -2.46. The second-order valence-corrected chi connectivity index (χ2v) is 8.67. The van der Waals surface area contributed by atoms with Crippen molar-refractivity contribution in [3.05, 3.63) is 29.8 Å². The third kappa shape index (κ3) is 7.41. The monoisotopic (exact) mass is 434 g/mol. The van der Waals surface area contributed by atoms with Gasteiger partial charge in [-0.2, -0.15) is 13.1 Å². The Labute approximate surface area is 170 Å². The van der Waals surface area contributed by atoms with Crippen LogP contribution in [0.2, 0.25) is 0 Å². The molecule has 1 saturated heterocycles. The number of hydrogen-bond acceptors (Lipinski definition) is 5. The number of aliphatic hydroxyl groups excluding tert-OH is 1. The van der Waals surface area contributed by atoms with Crippen molar-refractivity contribution < 1.29 is 27.0 Å². The standard InChI is InChI=1S/C18H28F2N4O4S/c1-3-21-18(22-11-14-5-4-10-24(14)29(2,26)27)23-12-16(25)13-6-8-15(9-7-13)28-17(19)20/h6-9,14,16-17,25H,3-5,10-12H2,1-2H3,(H2,21,22,23)/t14-,16?/m1/s1. The number of aliphatic hydroxyl groups is 1. The lowest BCUT2D eigenvalue weighted by molar-refractivity contribution is -0.0498. The normalized spacial score (nSPS) is 19.4. The van der Waals surface area contributed by atoms with Crippen LogP contribution in [0, 0.1) is 0 Å². The molecule has 0 bridgehead atoms. The first-order valence-corrected chi connectivity index (χ1v) is 11.3. The summed E-state index contributed by atoms with van der Waals surface area (Å²) in [6.07, 6.45) is 1.87. The Balaban J connectivity index is 1.94. The van der Waals surface area contributed by atoms with Crippen LogP contribution in [-0.4, -0.2) is 68.9 Å². The Morgan fingerprint density at radius 2 is 2.03 bits per heavy atom. The van der Waals surface area contributed by atoms with Crippen molar-refractivity contribution in [1.82, 2.24) is 14.9 Å². The molecule has 1 fully saturated rings. The van der Waals surface area contributed by atoms with Gasteiger partial charge in [-0.05, 0) is 37.5 Å². The molecule has 1 unspecified atom stereocenters. The van der Waals surface area contributed by atoms with Gasteiger partial charge in [-0.15, -0.1) is 0 Å². The van der Waals surface area contributed by atoms with Gasteiger partial charge in [0.15, 0.2) is 5.96 Å². The van der Waals surface area contributed by atoms with Crippen LogP contribution in [0.3, 0.4) is 0 Å². The average molecular weight is 435 g/mol. The topological polar surface area (TPSA) is 103 Å². The number of ether oxygens (including phenoxy) is 1. The molecule has 0 amide bonds. The van der Waals surface area contributed by atoms with E-state index in [2.05, 4.69) is 20.4 Å². The summed E-state index contributed by atoms with van der Waals surface area (Å²) in [4.78, 5) is 4.33. The zero-order chi connectivity index (χ0) is 21.4. The molecule has 11 heteroatoms. The third-order valence-corrected chi connectivity index (χ3v) is 5.84. The molecular weight excluding hydrogens is 406 g/mol. The van der Waals surface area contributed by atoms with Gasteiger partial charge in [0.2, 0.25) is 10.0 Å². The van der Waals surface area contributed by atoms with Crippen molar-refractivity contribution in [2.24, 2.45) is 4.99 Å². The van der Waals surface area contributed by atoms with Gasteiger partial charge >= 0.3 is 6.61 Å². The number of nitrogens with one attached hydrogen (secondary N) is 2. The summed E-state index contributed by atoms with van der Waals surface area (Å²) in [6, 6.07) is 5.58. The first kappa shape index (κ1) is 23.3. The lowest BCUT2D eigenvalue weighted by Gasteiger charge is -2.23. The SMILES string of the molecule is CCNC(=NCC(O)c1ccc(OC(F)F)cc1)NC[C@H]1CCCN1S(C)(=O)=O. The fourth-order valence-corrected chi connectivity index (χ4v) is 4.34. The fraction of sp³-hybridized carbons (Fsp3) is 0.611. The van der Waals surface area contributed by atoms with E-state index in [0.29, 0.717) is 31.2 Å². The zero-order valence-corrected chi connectivity index (χ0v) is 17.3. The van der Waals surface area contributed by atoms with Crippen molar-refractivity contribution in [3.63, 3.8) is 0 Å². The van der Waals surface area contributed by atoms with E-state index >= 15 is 0 Å². The van der Waals surface area contributed by atoms with E-state index < -0.39 is 22.7 Å². The molecule has 29 heavy (non-hydrogen) atoms. The number of rotatable bonds is 9. The Hall–Kier alpha value is -1.98. The van der Waals surface area contributed by atoms with Gasteiger partial charge in [-0.3, -0.25) is 4.99 Å². The second-order valence-electron chi connectivity index (χ2n) is 6.73. The molecular formula is C18H28F2N4O4S. The van der Waals surface area contributed by atoms with Gasteiger partial charge < -0.3 is 20.5 Å². The summed E-state index contributed by atoms with van der Waals surface area (Å²) in [5.41, 5.74) is 0.519. The molecule has 1 aromatic rings. The highest BCUT2D eigenvalue weighted by atomic mass is 32.2. The summed E-state index contributed by atoms with van der Waals surface area (Å²) in [7, 11) is -3.25. The molecule has 2 rings (SSSR count). The van der Waals surface area contributed by atoms with Crippen LogP contribution in [0.4, 0.5) is 8.78 Å². The Kier molecular flexibility index (Phi) is 8.60. The molecule has 0 spiro atoms. The van der Waals surface area contributed by atoms with Crippen molar-refractivity contribution in [1.29, 1.82) is 0 Å². The molecule has 164 valence electrons. The van der Waals surface area contributed by atoms with Gasteiger partial charge in [0.25, 0.3) is 0 Å². The quantitative estimate of drug-likeness (QED) is 0.400. The first-order valence-electron chi connectivity index (χ1n) is 9.42. The van der Waals surface area contributed by atoms with E-state index in [1.165, 1.54) is 34.8 Å². The molecule has 1 aromatic carbocycles. The van der Waals surface area contributed by atoms with Crippen LogP contribution in [0.15, 0.2) is 29.3 Å². The summed E-state index contributed by atoms with van der Waals surface area (Å²) in [5, 5.41) is 16.5. The van der Waals surface area contributed by atoms with Crippen LogP contribution >= 0.6 is 0 Å². The van der Waals surface area contributed by atoms with Crippen LogP contribution in [-0.2, 0) is 10.0 Å². The number of halogens is 2. The number of aliphatic imine (C=N–C) groups is 1. The van der Waals surface area contributed by atoms with Gasteiger partial charge in [0, 0.05) is 25.7 Å². The fourth-order valence-electron chi connectivity index (χ4n) is 3.16. The minimum Gasteiger partial charge on any atom is -0.435 e. The zero-order valence-electron chi connectivity index (χ0n) is 16.5. The second kappa shape index (κ2) is 10.7. The highest BCUT2D eigenvalue weighted by Crippen LogP contribution is 2.20. The van der Waals surface area contributed by atoms with Crippen LogP contribution in [0.1, 0.15) is 31.4 Å². The maximum absolute atomic E-state index is 12.2. The minimum atomic E-state index is -3.25. The van der Waals surface area contributed by atoms with Gasteiger partial charge in [0.05, 0.1) is 18.9 Å². The van der Waals surface area contributed by atoms with Crippen molar-refractivity contribution >= 4 is 16.0 Å². The predicted octanol–water partition coefficient (Wildman–Crippen LogP) is 1.30. The van der Waals surface area contributed by atoms with E-state index in [9.17, 15) is 22.3 Å². The lowest BCUT2D eigenvalue weighted by atomic mass is 10.1. The summed E-state index contributed by atoms with van der Waals surface area (Å²) in [6.45, 7) is 0.570. The molecule has 1 heterocycles. The molecule has 1 aliphatic rings. The Bertz CT molecular complexity index is 775. The summed E-state index contributed by atoms with van der Waals surface area (Å²) < 4.78 is 53.8. The molecule has 0 aliphatic carbocycles. The summed E-state index contributed by atoms with van der Waals surface area (Å²) >= 11 is 0. The molecule has 0 radical (unpaired) electrons. The average Bonchev–Trinajstić information content (AvgIpc) is 3.13. The Morgan fingerprint density at radius 3 is 2.62 bits per heavy atom. The molecule has 3 N–H and O–H groups in total. The maximum atomic E-state index is 12.2. The van der Waals surface area contributed by atoms with E-state index in [1.54, 1.807) is 0 Å². The maximum Gasteiger partial charge on any atom is 0.387 e. The van der Waals surface area contributed by atoms with Crippen LogP contribution in [0.25, 0.3) is 0 Å². The Morgan fingerprint density at radius 1 is 1.34 bits per heavy atom. The number of benzene rings is 1. The van der Waals surface area contributed by atoms with E-state index in [4.69, 9.17) is 0 Å². The number of alkyl halides is 2. The highest BCUT2D eigenvalue weighted by Gasteiger charge is 2.31. The largest absolute Gasteiger partial charge is 0.435 e. The highest BCUT2D eigenvalue weighted by molar-refractivity contribution is 7.88. The molecule has 1 aliphatic heterocycles. The van der Waals surface area contributed by atoms with Crippen LogP contribution < -0.4 is 15.4 Å². The third-order valence-electron chi connectivity index (χ3n) is 4.51. The van der Waals surface area contributed by atoms with Crippen molar-refractivity contribution in [3.8, 4) is 5.75 Å². The smallest absolute Gasteiger partial charge is 0.387 e. The van der Waals surface area contributed by atoms with Gasteiger partial charge in [-0.1, -0.05) is 12.1 Å². The van der Waals surface area contributed by atoms with Gasteiger partial charge in [-0.25, -0.2) is 8.42 Å². The van der Waals surface area contributed by atoms with Crippen molar-refractivity contribution in [2.75, 3.05) is 32.4 Å². The number of nitrogens with zero attached hydrogens (tertiary/aromatic N) is 2. The first-order chi connectivity index (χ1) is 13.7. The predicted molar refractivity (Wildman–Crippen MR) is 107 cm³/mol. The minimum absolute atomic E-state index is 0.0152. The van der Waals surface area contributed by atoms with Gasteiger partial charge in [0.1, 0.15) is 5.75 Å². The van der Waals surface area contributed by atoms with E-state index in [-0.39, 0.29) is 18.3 Å². The molecule has 2 atom stereocenters. The van der Waals surface area contributed by atoms with Crippen molar-refractivity contribution in [2.45, 2.75) is 38.5 Å².